The van der Waals surface area contributed by atoms with Gasteiger partial charge in [-0.1, -0.05) is 6.07 Å². The van der Waals surface area contributed by atoms with Gasteiger partial charge in [0.15, 0.2) is 0 Å². The van der Waals surface area contributed by atoms with E-state index in [2.05, 4.69) is 27.5 Å². The normalized spacial score (nSPS) is 13.1. The monoisotopic (exact) mass is 324 g/mol. The van der Waals surface area contributed by atoms with E-state index in [1.54, 1.807) is 16.3 Å². The van der Waals surface area contributed by atoms with Crippen LogP contribution in [-0.4, -0.2) is 20.7 Å². The molecular formula is C17H16N4OS. The van der Waals surface area contributed by atoms with E-state index in [4.69, 9.17) is 0 Å². The highest BCUT2D eigenvalue weighted by atomic mass is 32.1. The third kappa shape index (κ3) is 2.77. The van der Waals surface area contributed by atoms with Gasteiger partial charge in [-0.2, -0.15) is 5.10 Å². The first-order chi connectivity index (χ1) is 11.2. The number of fused-ring (bicyclic) bond motifs is 1. The largest absolute Gasteiger partial charge is 0.321 e. The molecule has 0 saturated heterocycles. The Morgan fingerprint density at radius 2 is 2.17 bits per heavy atom. The van der Waals surface area contributed by atoms with Gasteiger partial charge in [0.25, 0.3) is 5.91 Å². The van der Waals surface area contributed by atoms with E-state index >= 15 is 0 Å². The molecule has 1 amide bonds. The molecule has 1 aromatic carbocycles. The first kappa shape index (κ1) is 14.1. The third-order valence-electron chi connectivity index (χ3n) is 4.05. The molecule has 2 aromatic heterocycles. The van der Waals surface area contributed by atoms with Gasteiger partial charge in [0, 0.05) is 29.9 Å². The van der Waals surface area contributed by atoms with Crippen LogP contribution in [0.1, 0.15) is 28.0 Å². The Morgan fingerprint density at radius 3 is 3.00 bits per heavy atom. The molecule has 0 saturated carbocycles. The number of rotatable bonds is 3. The number of thiazole rings is 1. The van der Waals surface area contributed by atoms with Crippen molar-refractivity contribution < 1.29 is 4.79 Å². The van der Waals surface area contributed by atoms with Gasteiger partial charge < -0.3 is 5.32 Å². The Kier molecular flexibility index (Phi) is 3.46. The summed E-state index contributed by atoms with van der Waals surface area (Å²) < 4.78 is 1.72. The van der Waals surface area contributed by atoms with Gasteiger partial charge in [-0.05, 0) is 42.5 Å². The van der Waals surface area contributed by atoms with Gasteiger partial charge in [-0.3, -0.25) is 9.48 Å². The average Bonchev–Trinajstić information content (AvgIpc) is 3.26. The standard InChI is InChI=1S/C17H16N4OS/c1-21-9-13(8-18-21)17-20-15(10-23-17)16(22)19-14-6-5-11-3-2-4-12(11)7-14/h5-10H,2-4H2,1H3,(H,19,22). The number of hydrogen-bond acceptors (Lipinski definition) is 4. The summed E-state index contributed by atoms with van der Waals surface area (Å²) in [5.74, 6) is -0.172. The van der Waals surface area contributed by atoms with Crippen LogP contribution in [-0.2, 0) is 19.9 Å². The van der Waals surface area contributed by atoms with Crippen LogP contribution in [0, 0.1) is 0 Å². The first-order valence-corrected chi connectivity index (χ1v) is 8.45. The van der Waals surface area contributed by atoms with Gasteiger partial charge in [0.2, 0.25) is 0 Å². The summed E-state index contributed by atoms with van der Waals surface area (Å²) in [6.07, 6.45) is 7.08. The van der Waals surface area contributed by atoms with Crippen LogP contribution in [0.5, 0.6) is 0 Å². The Balaban J connectivity index is 1.52. The maximum Gasteiger partial charge on any atom is 0.275 e. The zero-order chi connectivity index (χ0) is 15.8. The molecule has 5 nitrogen and oxygen atoms in total. The maximum absolute atomic E-state index is 12.4. The summed E-state index contributed by atoms with van der Waals surface area (Å²) in [5.41, 5.74) is 4.95. The second kappa shape index (κ2) is 5.62. The fourth-order valence-corrected chi connectivity index (χ4v) is 3.66. The SMILES string of the molecule is Cn1cc(-c2nc(C(=O)Nc3ccc4c(c3)CCC4)cs2)cn1. The summed E-state index contributed by atoms with van der Waals surface area (Å²) in [7, 11) is 1.86. The lowest BCUT2D eigenvalue weighted by atomic mass is 10.1. The number of nitrogens with one attached hydrogen (secondary N) is 1. The van der Waals surface area contributed by atoms with E-state index in [-0.39, 0.29) is 5.91 Å². The molecule has 3 aromatic rings. The molecular weight excluding hydrogens is 308 g/mol. The van der Waals surface area contributed by atoms with Crippen molar-refractivity contribution in [3.8, 4) is 10.6 Å². The van der Waals surface area contributed by atoms with E-state index in [0.717, 1.165) is 29.1 Å². The van der Waals surface area contributed by atoms with Crippen molar-refractivity contribution in [2.24, 2.45) is 7.05 Å². The molecule has 0 aliphatic heterocycles. The van der Waals surface area contributed by atoms with E-state index in [0.29, 0.717) is 5.69 Å². The topological polar surface area (TPSA) is 59.8 Å². The highest BCUT2D eigenvalue weighted by molar-refractivity contribution is 7.13. The van der Waals surface area contributed by atoms with Crippen LogP contribution in [0.25, 0.3) is 10.6 Å². The number of anilines is 1. The van der Waals surface area contributed by atoms with Crippen molar-refractivity contribution in [2.75, 3.05) is 5.32 Å². The van der Waals surface area contributed by atoms with Crippen molar-refractivity contribution in [3.63, 3.8) is 0 Å². The van der Waals surface area contributed by atoms with Crippen molar-refractivity contribution in [1.82, 2.24) is 14.8 Å². The van der Waals surface area contributed by atoms with E-state index in [1.165, 1.54) is 28.9 Å². The lowest BCUT2D eigenvalue weighted by Gasteiger charge is -2.06. The Labute approximate surface area is 138 Å². The molecule has 4 rings (SSSR count). The minimum Gasteiger partial charge on any atom is -0.321 e. The van der Waals surface area contributed by atoms with Crippen LogP contribution in [0.15, 0.2) is 36.0 Å². The van der Waals surface area contributed by atoms with E-state index < -0.39 is 0 Å². The smallest absolute Gasteiger partial charge is 0.275 e. The molecule has 0 spiro atoms. The molecule has 116 valence electrons. The predicted octanol–water partition coefficient (Wildman–Crippen LogP) is 3.28. The molecule has 0 unspecified atom stereocenters. The summed E-state index contributed by atoms with van der Waals surface area (Å²) in [6, 6.07) is 6.16. The Bertz CT molecular complexity index is 880. The fourth-order valence-electron chi connectivity index (χ4n) is 2.89. The summed E-state index contributed by atoms with van der Waals surface area (Å²) in [5, 5.41) is 9.66. The van der Waals surface area contributed by atoms with Crippen LogP contribution in [0.2, 0.25) is 0 Å². The summed E-state index contributed by atoms with van der Waals surface area (Å²) >= 11 is 1.45. The highest BCUT2D eigenvalue weighted by Crippen LogP contribution is 2.26. The van der Waals surface area contributed by atoms with E-state index in [9.17, 15) is 4.79 Å². The Hall–Kier alpha value is -2.47. The summed E-state index contributed by atoms with van der Waals surface area (Å²) in [4.78, 5) is 16.8. The number of carbonyl (C=O) groups is 1. The van der Waals surface area contributed by atoms with Crippen LogP contribution >= 0.6 is 11.3 Å². The second-order valence-corrected chi connectivity index (χ2v) is 6.59. The van der Waals surface area contributed by atoms with Crippen LogP contribution in [0.4, 0.5) is 5.69 Å². The molecule has 0 atom stereocenters. The van der Waals surface area contributed by atoms with Gasteiger partial charge in [0.05, 0.1) is 6.20 Å². The molecule has 1 N–H and O–H groups in total. The van der Waals surface area contributed by atoms with Crippen molar-refractivity contribution in [1.29, 1.82) is 0 Å². The van der Waals surface area contributed by atoms with Gasteiger partial charge in [-0.15, -0.1) is 11.3 Å². The summed E-state index contributed by atoms with van der Waals surface area (Å²) in [6.45, 7) is 0. The molecule has 2 heterocycles. The number of benzene rings is 1. The maximum atomic E-state index is 12.4. The second-order valence-electron chi connectivity index (χ2n) is 5.73. The van der Waals surface area contributed by atoms with Crippen molar-refractivity contribution >= 4 is 22.9 Å². The van der Waals surface area contributed by atoms with Crippen molar-refractivity contribution in [3.05, 3.63) is 52.8 Å². The van der Waals surface area contributed by atoms with Crippen LogP contribution in [0.3, 0.4) is 0 Å². The van der Waals surface area contributed by atoms with Crippen LogP contribution < -0.4 is 5.32 Å². The lowest BCUT2D eigenvalue weighted by Crippen LogP contribution is -2.12. The zero-order valence-corrected chi connectivity index (χ0v) is 13.6. The highest BCUT2D eigenvalue weighted by Gasteiger charge is 2.15. The van der Waals surface area contributed by atoms with Gasteiger partial charge >= 0.3 is 0 Å². The average molecular weight is 324 g/mol. The minimum atomic E-state index is -0.172. The van der Waals surface area contributed by atoms with Crippen molar-refractivity contribution in [2.45, 2.75) is 19.3 Å². The molecule has 0 fully saturated rings. The molecule has 0 radical (unpaired) electrons. The quantitative estimate of drug-likeness (QED) is 0.804. The lowest BCUT2D eigenvalue weighted by molar-refractivity contribution is 0.102. The molecule has 1 aliphatic carbocycles. The number of carbonyl (C=O) groups excluding carboxylic acids is 1. The number of nitrogens with zero attached hydrogens (tertiary/aromatic N) is 3. The fraction of sp³-hybridized carbons (Fsp3) is 0.235. The number of aromatic nitrogens is 3. The molecule has 1 aliphatic rings. The zero-order valence-electron chi connectivity index (χ0n) is 12.7. The minimum absolute atomic E-state index is 0.172. The number of aryl methyl sites for hydroxylation is 3. The number of amides is 1. The van der Waals surface area contributed by atoms with E-state index in [1.807, 2.05) is 19.3 Å². The predicted molar refractivity (Wildman–Crippen MR) is 90.7 cm³/mol. The molecule has 0 bridgehead atoms. The first-order valence-electron chi connectivity index (χ1n) is 7.57. The third-order valence-corrected chi connectivity index (χ3v) is 4.94. The van der Waals surface area contributed by atoms with Gasteiger partial charge in [-0.25, -0.2) is 4.98 Å². The molecule has 23 heavy (non-hydrogen) atoms. The number of hydrogen-bond donors (Lipinski definition) is 1. The Morgan fingerprint density at radius 1 is 1.30 bits per heavy atom. The van der Waals surface area contributed by atoms with Gasteiger partial charge in [0.1, 0.15) is 10.7 Å². The molecule has 6 heteroatoms.